The van der Waals surface area contributed by atoms with Gasteiger partial charge in [0.05, 0.1) is 41.8 Å². The first kappa shape index (κ1) is 27.3. The molecule has 3 aromatic heterocycles. The second kappa shape index (κ2) is 10.8. The van der Waals surface area contributed by atoms with Crippen molar-refractivity contribution in [3.05, 3.63) is 59.7 Å². The van der Waals surface area contributed by atoms with Gasteiger partial charge in [-0.3, -0.25) is 14.6 Å². The number of ketones is 1. The van der Waals surface area contributed by atoms with Crippen LogP contribution in [0.3, 0.4) is 0 Å². The Labute approximate surface area is 238 Å². The van der Waals surface area contributed by atoms with Crippen molar-refractivity contribution in [1.82, 2.24) is 24.5 Å². The summed E-state index contributed by atoms with van der Waals surface area (Å²) in [5.41, 5.74) is 4.70. The number of aromatic nitrogens is 4. The summed E-state index contributed by atoms with van der Waals surface area (Å²) < 4.78 is 1.72. The van der Waals surface area contributed by atoms with E-state index in [-0.39, 0.29) is 17.6 Å². The molecular formula is C31H36N6O4. The number of amides is 1. The molecule has 1 unspecified atom stereocenters. The number of fused-ring (bicyclic) bond motifs is 3. The van der Waals surface area contributed by atoms with Crippen molar-refractivity contribution in [3.8, 4) is 11.1 Å². The molecule has 3 aliphatic rings. The van der Waals surface area contributed by atoms with E-state index in [1.54, 1.807) is 22.5 Å². The fourth-order valence-electron chi connectivity index (χ4n) is 6.10. The van der Waals surface area contributed by atoms with Crippen LogP contribution in [-0.4, -0.2) is 79.2 Å². The average molecular weight is 557 g/mol. The number of nitrogens with zero attached hydrogens (tertiary/aromatic N) is 5. The number of likely N-dealkylation sites (tertiary alicyclic amines) is 1. The van der Waals surface area contributed by atoms with Crippen molar-refractivity contribution >= 4 is 28.7 Å². The number of pyridine rings is 1. The van der Waals surface area contributed by atoms with E-state index in [1.807, 2.05) is 18.3 Å². The van der Waals surface area contributed by atoms with Crippen LogP contribution in [0.4, 0.5) is 5.82 Å². The minimum atomic E-state index is -1.21. The van der Waals surface area contributed by atoms with E-state index in [0.717, 1.165) is 28.9 Å². The van der Waals surface area contributed by atoms with Gasteiger partial charge >= 0.3 is 0 Å². The van der Waals surface area contributed by atoms with Crippen LogP contribution in [0.25, 0.3) is 22.3 Å². The van der Waals surface area contributed by atoms with E-state index >= 15 is 0 Å². The third-order valence-corrected chi connectivity index (χ3v) is 8.78. The molecule has 1 amide bonds. The number of piperidine rings is 1. The Kier molecular flexibility index (Phi) is 7.21. The Morgan fingerprint density at radius 1 is 1.17 bits per heavy atom. The van der Waals surface area contributed by atoms with Crippen LogP contribution < -0.4 is 5.32 Å². The molecule has 214 valence electrons. The fraction of sp³-hybridized carbons (Fsp3) is 0.452. The third-order valence-electron chi connectivity index (χ3n) is 8.78. The third kappa shape index (κ3) is 4.74. The van der Waals surface area contributed by atoms with E-state index in [4.69, 9.17) is 9.97 Å². The standard InChI is InChI=1S/C31H36N6O4/c1-19-5-3-4-6-22(19)24-8-7-21(15-33-24)23-16-34-37-28(23)35-27(26-25(40)9-12-32-29(26)37)20-10-13-36(14-11-20)30(41)31(2,17-38)18-39/h3-4,6-8,15-16,19-20,32,38-39H,5,9-14,17-18H2,1-2H3. The zero-order valence-electron chi connectivity index (χ0n) is 23.5. The molecule has 5 heterocycles. The highest BCUT2D eigenvalue weighted by Gasteiger charge is 2.39. The highest BCUT2D eigenvalue weighted by Crippen LogP contribution is 2.38. The molecule has 1 saturated heterocycles. The SMILES string of the molecule is CC1CC=CC=C1c1ccc(-c2cnn3c4c(c(C5CCN(C(=O)C(C)(CO)CO)CC5)nc23)C(=O)CCN4)cn1. The summed E-state index contributed by atoms with van der Waals surface area (Å²) in [5.74, 6) is 0.843. The van der Waals surface area contributed by atoms with Gasteiger partial charge in [-0.2, -0.15) is 9.61 Å². The molecule has 2 aliphatic heterocycles. The van der Waals surface area contributed by atoms with Crippen LogP contribution >= 0.6 is 0 Å². The van der Waals surface area contributed by atoms with Crippen LogP contribution in [0.15, 0.2) is 42.8 Å². The van der Waals surface area contributed by atoms with Gasteiger partial charge < -0.3 is 20.4 Å². The van der Waals surface area contributed by atoms with Crippen molar-refractivity contribution < 1.29 is 19.8 Å². The smallest absolute Gasteiger partial charge is 0.233 e. The Balaban J connectivity index is 1.34. The van der Waals surface area contributed by atoms with Gasteiger partial charge in [-0.15, -0.1) is 0 Å². The topological polar surface area (TPSA) is 133 Å². The van der Waals surface area contributed by atoms with Crippen molar-refractivity contribution in [2.75, 3.05) is 38.2 Å². The van der Waals surface area contributed by atoms with E-state index < -0.39 is 18.6 Å². The number of aliphatic hydroxyl groups is 2. The molecule has 1 aliphatic carbocycles. The summed E-state index contributed by atoms with van der Waals surface area (Å²) in [7, 11) is 0. The highest BCUT2D eigenvalue weighted by molar-refractivity contribution is 6.04. The molecule has 3 N–H and O–H groups in total. The van der Waals surface area contributed by atoms with Crippen molar-refractivity contribution in [2.24, 2.45) is 11.3 Å². The zero-order valence-corrected chi connectivity index (χ0v) is 23.5. The molecule has 3 aromatic rings. The first-order valence-corrected chi connectivity index (χ1v) is 14.4. The maximum Gasteiger partial charge on any atom is 0.233 e. The fourth-order valence-corrected chi connectivity index (χ4v) is 6.10. The lowest BCUT2D eigenvalue weighted by Gasteiger charge is -2.37. The maximum atomic E-state index is 13.2. The molecule has 1 atom stereocenters. The number of carbonyl (C=O) groups is 2. The molecule has 41 heavy (non-hydrogen) atoms. The van der Waals surface area contributed by atoms with Crippen LogP contribution in [0.2, 0.25) is 0 Å². The molecule has 1 fully saturated rings. The zero-order chi connectivity index (χ0) is 28.7. The molecule has 0 spiro atoms. The first-order valence-electron chi connectivity index (χ1n) is 14.4. The molecule has 0 bridgehead atoms. The molecule has 0 saturated carbocycles. The van der Waals surface area contributed by atoms with Crippen LogP contribution in [0.1, 0.15) is 67.2 Å². The molecule has 0 aromatic carbocycles. The number of anilines is 1. The van der Waals surface area contributed by atoms with E-state index in [1.165, 1.54) is 5.57 Å². The summed E-state index contributed by atoms with van der Waals surface area (Å²) in [6.07, 6.45) is 12.7. The quantitative estimate of drug-likeness (QED) is 0.421. The predicted molar refractivity (Wildman–Crippen MR) is 155 cm³/mol. The van der Waals surface area contributed by atoms with Crippen LogP contribution in [0, 0.1) is 11.3 Å². The van der Waals surface area contributed by atoms with Gasteiger partial charge in [0.15, 0.2) is 11.4 Å². The van der Waals surface area contributed by atoms with Crippen molar-refractivity contribution in [3.63, 3.8) is 0 Å². The summed E-state index contributed by atoms with van der Waals surface area (Å²) in [4.78, 5) is 37.8. The Morgan fingerprint density at radius 2 is 1.95 bits per heavy atom. The van der Waals surface area contributed by atoms with Gasteiger partial charge in [-0.25, -0.2) is 4.98 Å². The van der Waals surface area contributed by atoms with Crippen LogP contribution in [0.5, 0.6) is 0 Å². The minimum absolute atomic E-state index is 0.0211. The molecule has 6 rings (SSSR count). The molecule has 0 radical (unpaired) electrons. The van der Waals surface area contributed by atoms with Crippen molar-refractivity contribution in [1.29, 1.82) is 0 Å². The van der Waals surface area contributed by atoms with E-state index in [0.29, 0.717) is 61.8 Å². The van der Waals surface area contributed by atoms with Gasteiger partial charge in [0.25, 0.3) is 0 Å². The Hall–Kier alpha value is -3.89. The van der Waals surface area contributed by atoms with E-state index in [9.17, 15) is 19.8 Å². The number of hydrogen-bond donors (Lipinski definition) is 3. The number of allylic oxidation sites excluding steroid dienone is 4. The van der Waals surface area contributed by atoms with Gasteiger partial charge in [0.2, 0.25) is 5.91 Å². The second-order valence-corrected chi connectivity index (χ2v) is 11.7. The summed E-state index contributed by atoms with van der Waals surface area (Å²) in [6.45, 7) is 4.41. The number of nitrogens with one attached hydrogen (secondary N) is 1. The number of rotatable bonds is 6. The minimum Gasteiger partial charge on any atom is -0.395 e. The lowest BCUT2D eigenvalue weighted by Crippen LogP contribution is -2.49. The van der Waals surface area contributed by atoms with E-state index in [2.05, 4.69) is 35.6 Å². The first-order chi connectivity index (χ1) is 19.8. The summed E-state index contributed by atoms with van der Waals surface area (Å²) >= 11 is 0. The van der Waals surface area contributed by atoms with Gasteiger partial charge in [-0.05, 0) is 43.7 Å². The Bertz CT molecular complexity index is 1540. The summed E-state index contributed by atoms with van der Waals surface area (Å²) in [6, 6.07) is 4.09. The number of Topliss-reactive ketones (excluding diaryl/α,β-unsaturated/α-hetero) is 1. The molecular weight excluding hydrogens is 520 g/mol. The van der Waals surface area contributed by atoms with Gasteiger partial charge in [0.1, 0.15) is 5.82 Å². The second-order valence-electron chi connectivity index (χ2n) is 11.7. The molecule has 10 nitrogen and oxygen atoms in total. The van der Waals surface area contributed by atoms with Crippen LogP contribution in [-0.2, 0) is 4.79 Å². The summed E-state index contributed by atoms with van der Waals surface area (Å²) in [5, 5.41) is 27.4. The lowest BCUT2D eigenvalue weighted by atomic mass is 9.85. The average Bonchev–Trinajstić information content (AvgIpc) is 3.45. The maximum absolute atomic E-state index is 13.2. The lowest BCUT2D eigenvalue weighted by molar-refractivity contribution is -0.147. The molecule has 10 heteroatoms. The monoisotopic (exact) mass is 556 g/mol. The number of carbonyl (C=O) groups excluding carboxylic acids is 2. The highest BCUT2D eigenvalue weighted by atomic mass is 16.3. The largest absolute Gasteiger partial charge is 0.395 e. The number of hydrogen-bond acceptors (Lipinski definition) is 8. The Morgan fingerprint density at radius 3 is 2.63 bits per heavy atom. The predicted octanol–water partition coefficient (Wildman–Crippen LogP) is 3.47. The van der Waals surface area contributed by atoms with Crippen molar-refractivity contribution in [2.45, 2.75) is 45.4 Å². The number of aliphatic hydroxyl groups excluding tert-OH is 2. The van der Waals surface area contributed by atoms with Gasteiger partial charge in [-0.1, -0.05) is 31.2 Å². The normalized spacial score (nSPS) is 19.7. The van der Waals surface area contributed by atoms with Gasteiger partial charge in [0, 0.05) is 49.3 Å².